The van der Waals surface area contributed by atoms with Gasteiger partial charge in [-0.05, 0) is 35.0 Å². The molecule has 1 heterocycles. The van der Waals surface area contributed by atoms with Gasteiger partial charge in [-0.25, -0.2) is 17.9 Å². The minimum atomic E-state index is -4.05. The number of benzene rings is 2. The average molecular weight is 421 g/mol. The van der Waals surface area contributed by atoms with Crippen molar-refractivity contribution in [1.82, 2.24) is 4.72 Å². The van der Waals surface area contributed by atoms with E-state index in [-0.39, 0.29) is 22.8 Å². The molecule has 148 valence electrons. The van der Waals surface area contributed by atoms with Crippen LogP contribution in [-0.4, -0.2) is 40.3 Å². The van der Waals surface area contributed by atoms with Crippen molar-refractivity contribution in [3.8, 4) is 5.75 Å². The molecule has 28 heavy (non-hydrogen) atoms. The minimum Gasteiger partial charge on any atom is -0.495 e. The van der Waals surface area contributed by atoms with E-state index in [9.17, 15) is 18.3 Å². The molecule has 0 aliphatic rings. The van der Waals surface area contributed by atoms with Crippen molar-refractivity contribution in [2.75, 3.05) is 20.8 Å². The lowest BCUT2D eigenvalue weighted by atomic mass is 10.1. The summed E-state index contributed by atoms with van der Waals surface area (Å²) in [5, 5.41) is 13.2. The number of carbonyl (C=O) groups is 1. The third-order valence-corrected chi connectivity index (χ3v) is 6.64. The van der Waals surface area contributed by atoms with E-state index < -0.39 is 22.1 Å². The first kappa shape index (κ1) is 20.3. The van der Waals surface area contributed by atoms with Crippen molar-refractivity contribution in [3.63, 3.8) is 0 Å². The first-order chi connectivity index (χ1) is 13.4. The van der Waals surface area contributed by atoms with Crippen LogP contribution in [0, 0.1) is 0 Å². The van der Waals surface area contributed by atoms with Gasteiger partial charge in [0, 0.05) is 16.8 Å². The monoisotopic (exact) mass is 421 g/mol. The van der Waals surface area contributed by atoms with Gasteiger partial charge in [-0.3, -0.25) is 0 Å². The smallest absolute Gasteiger partial charge is 0.337 e. The number of ether oxygens (including phenoxy) is 2. The normalized spacial score (nSPS) is 12.7. The van der Waals surface area contributed by atoms with Gasteiger partial charge in [0.25, 0.3) is 0 Å². The predicted molar refractivity (Wildman–Crippen MR) is 106 cm³/mol. The number of carbonyl (C=O) groups excluding carboxylic acids is 1. The maximum Gasteiger partial charge on any atom is 0.337 e. The summed E-state index contributed by atoms with van der Waals surface area (Å²) in [4.78, 5) is 11.5. The third kappa shape index (κ3) is 4.02. The van der Waals surface area contributed by atoms with Crippen LogP contribution in [0.3, 0.4) is 0 Å². The SMILES string of the molecule is COC(=O)c1ccc(OC)c(S(=O)(=O)NC[C@H](O)c2csc3ccccc23)c1. The summed E-state index contributed by atoms with van der Waals surface area (Å²) in [6.07, 6.45) is -1.03. The number of hydrogen-bond donors (Lipinski definition) is 2. The Bertz CT molecular complexity index is 1110. The number of rotatable bonds is 7. The summed E-state index contributed by atoms with van der Waals surface area (Å²) in [6.45, 7) is -0.228. The van der Waals surface area contributed by atoms with E-state index in [1.54, 1.807) is 0 Å². The van der Waals surface area contributed by atoms with Crippen LogP contribution in [0.2, 0.25) is 0 Å². The molecule has 0 saturated heterocycles. The number of methoxy groups -OCH3 is 2. The molecule has 0 aliphatic heterocycles. The highest BCUT2D eigenvalue weighted by atomic mass is 32.2. The number of fused-ring (bicyclic) bond motifs is 1. The van der Waals surface area contributed by atoms with E-state index >= 15 is 0 Å². The van der Waals surface area contributed by atoms with E-state index in [0.717, 1.165) is 10.1 Å². The molecule has 1 aromatic heterocycles. The van der Waals surface area contributed by atoms with Crippen LogP contribution in [0.4, 0.5) is 0 Å². The molecule has 2 aromatic carbocycles. The van der Waals surface area contributed by atoms with E-state index in [4.69, 9.17) is 4.74 Å². The third-order valence-electron chi connectivity index (χ3n) is 4.21. The highest BCUT2D eigenvalue weighted by Crippen LogP contribution is 2.30. The van der Waals surface area contributed by atoms with Crippen LogP contribution >= 0.6 is 11.3 Å². The van der Waals surface area contributed by atoms with Gasteiger partial charge in [0.15, 0.2) is 0 Å². The van der Waals surface area contributed by atoms with Gasteiger partial charge in [-0.2, -0.15) is 0 Å². The molecule has 0 aliphatic carbocycles. The summed E-state index contributed by atoms with van der Waals surface area (Å²) in [5.74, 6) is -0.584. The Kier molecular flexibility index (Phi) is 5.99. The molecular weight excluding hydrogens is 402 g/mol. The van der Waals surface area contributed by atoms with Gasteiger partial charge in [-0.15, -0.1) is 11.3 Å². The summed E-state index contributed by atoms with van der Waals surface area (Å²) in [6, 6.07) is 11.5. The van der Waals surface area contributed by atoms with Crippen LogP contribution in [0.15, 0.2) is 52.7 Å². The Morgan fingerprint density at radius 1 is 1.21 bits per heavy atom. The number of thiophene rings is 1. The molecule has 7 nitrogen and oxygen atoms in total. The second-order valence-corrected chi connectivity index (χ2v) is 8.56. The van der Waals surface area contributed by atoms with E-state index in [1.165, 1.54) is 43.8 Å². The van der Waals surface area contributed by atoms with Crippen molar-refractivity contribution in [1.29, 1.82) is 0 Å². The molecule has 0 amide bonds. The van der Waals surface area contributed by atoms with Gasteiger partial charge >= 0.3 is 5.97 Å². The first-order valence-electron chi connectivity index (χ1n) is 8.27. The molecule has 3 rings (SSSR count). The Balaban J connectivity index is 1.84. The second-order valence-electron chi connectivity index (χ2n) is 5.91. The molecule has 0 bridgehead atoms. The topological polar surface area (TPSA) is 102 Å². The van der Waals surface area contributed by atoms with Crippen LogP contribution in [0.1, 0.15) is 22.0 Å². The molecule has 0 saturated carbocycles. The van der Waals surface area contributed by atoms with Crippen molar-refractivity contribution in [3.05, 3.63) is 59.0 Å². The quantitative estimate of drug-likeness (QED) is 0.569. The molecule has 0 fully saturated rings. The lowest BCUT2D eigenvalue weighted by molar-refractivity contribution is 0.0600. The Labute approximate surface area is 166 Å². The van der Waals surface area contributed by atoms with Gasteiger partial charge < -0.3 is 14.6 Å². The highest BCUT2D eigenvalue weighted by Gasteiger charge is 2.24. The van der Waals surface area contributed by atoms with Crippen LogP contribution in [0.5, 0.6) is 5.75 Å². The minimum absolute atomic E-state index is 0.0769. The molecule has 1 atom stereocenters. The fourth-order valence-corrected chi connectivity index (χ4v) is 5.00. The zero-order chi connectivity index (χ0) is 20.3. The number of aliphatic hydroxyl groups is 1. The zero-order valence-electron chi connectivity index (χ0n) is 15.2. The first-order valence-corrected chi connectivity index (χ1v) is 10.6. The number of hydrogen-bond acceptors (Lipinski definition) is 7. The van der Waals surface area contributed by atoms with E-state index in [2.05, 4.69) is 9.46 Å². The molecule has 3 aromatic rings. The molecule has 2 N–H and O–H groups in total. The molecular formula is C19H19NO6S2. The van der Waals surface area contributed by atoms with Crippen LogP contribution in [0.25, 0.3) is 10.1 Å². The summed E-state index contributed by atoms with van der Waals surface area (Å²) >= 11 is 1.48. The van der Waals surface area contributed by atoms with Crippen molar-refractivity contribution < 1.29 is 27.8 Å². The Hall–Kier alpha value is -2.46. The van der Waals surface area contributed by atoms with Crippen LogP contribution in [-0.2, 0) is 14.8 Å². The largest absolute Gasteiger partial charge is 0.495 e. The molecule has 0 unspecified atom stereocenters. The molecule has 0 radical (unpaired) electrons. The Morgan fingerprint density at radius 2 is 1.96 bits per heavy atom. The summed E-state index contributed by atoms with van der Waals surface area (Å²) in [7, 11) is -1.51. The van der Waals surface area contributed by atoms with E-state index in [1.807, 2.05) is 29.6 Å². The second kappa shape index (κ2) is 8.27. The fraction of sp³-hybridized carbons (Fsp3) is 0.211. The standard InChI is InChI=1S/C19H19NO6S2/c1-25-16-8-7-12(19(22)26-2)9-18(16)28(23,24)20-10-15(21)14-11-27-17-6-4-3-5-13(14)17/h3-9,11,15,20-21H,10H2,1-2H3/t15-/m0/s1. The lowest BCUT2D eigenvalue weighted by Crippen LogP contribution is -2.29. The number of sulfonamides is 1. The molecule has 0 spiro atoms. The molecule has 9 heteroatoms. The maximum absolute atomic E-state index is 12.8. The van der Waals surface area contributed by atoms with Gasteiger partial charge in [0.2, 0.25) is 10.0 Å². The summed E-state index contributed by atoms with van der Waals surface area (Å²) in [5.41, 5.74) is 0.728. The fourth-order valence-electron chi connectivity index (χ4n) is 2.76. The van der Waals surface area contributed by atoms with E-state index in [0.29, 0.717) is 5.56 Å². The van der Waals surface area contributed by atoms with Crippen molar-refractivity contribution in [2.45, 2.75) is 11.0 Å². The highest BCUT2D eigenvalue weighted by molar-refractivity contribution is 7.89. The number of esters is 1. The van der Waals surface area contributed by atoms with Crippen molar-refractivity contribution in [2.24, 2.45) is 0 Å². The Morgan fingerprint density at radius 3 is 2.68 bits per heavy atom. The summed E-state index contributed by atoms with van der Waals surface area (Å²) < 4.78 is 38.6. The number of nitrogens with one attached hydrogen (secondary N) is 1. The lowest BCUT2D eigenvalue weighted by Gasteiger charge is -2.14. The number of aliphatic hydroxyl groups excluding tert-OH is 1. The van der Waals surface area contributed by atoms with Gasteiger partial charge in [0.1, 0.15) is 10.6 Å². The predicted octanol–water partition coefficient (Wildman–Crippen LogP) is 2.71. The average Bonchev–Trinajstić information content (AvgIpc) is 3.15. The van der Waals surface area contributed by atoms with Gasteiger partial charge in [0.05, 0.1) is 25.9 Å². The zero-order valence-corrected chi connectivity index (χ0v) is 16.8. The van der Waals surface area contributed by atoms with Crippen molar-refractivity contribution >= 4 is 37.4 Å². The van der Waals surface area contributed by atoms with Gasteiger partial charge in [-0.1, -0.05) is 18.2 Å². The maximum atomic E-state index is 12.8. The van der Waals surface area contributed by atoms with Crippen LogP contribution < -0.4 is 9.46 Å².